The van der Waals surface area contributed by atoms with Gasteiger partial charge in [0.25, 0.3) is 5.69 Å². The van der Waals surface area contributed by atoms with Crippen LogP contribution in [0.25, 0.3) is 0 Å². The van der Waals surface area contributed by atoms with Gasteiger partial charge >= 0.3 is 0 Å². The van der Waals surface area contributed by atoms with Gasteiger partial charge in [-0.25, -0.2) is 9.29 Å². The van der Waals surface area contributed by atoms with E-state index in [4.69, 9.17) is 0 Å². The van der Waals surface area contributed by atoms with Crippen LogP contribution in [0.5, 0.6) is 0 Å². The van der Waals surface area contributed by atoms with Crippen LogP contribution in [-0.4, -0.2) is 16.7 Å². The topological polar surface area (TPSA) is 80.5 Å². The third-order valence-electron chi connectivity index (χ3n) is 6.04. The lowest BCUT2D eigenvalue weighted by atomic mass is 9.63. The molecule has 1 aromatic carbocycles. The summed E-state index contributed by atoms with van der Waals surface area (Å²) < 4.78 is 13.4. The minimum Gasteiger partial charge on any atom is -0.274 e. The summed E-state index contributed by atoms with van der Waals surface area (Å²) in [5.41, 5.74) is -0.681. The zero-order valence-electron chi connectivity index (χ0n) is 12.5. The van der Waals surface area contributed by atoms with Crippen LogP contribution < -0.4 is 4.90 Å². The van der Waals surface area contributed by atoms with Gasteiger partial charge in [-0.3, -0.25) is 19.7 Å². The fourth-order valence-electron chi connectivity index (χ4n) is 5.03. The standard InChI is InChI=1S/C17H13FN2O4/c18-7-1-4-12(13(5-7)20(23)24)19-16(21)14-8-2-3-9(11-6-10(8)11)15(14)17(19)22/h1-5,8-11,14-15H,6H2/t8-,9-,10-,11-,14+,15+/m0/s1. The highest BCUT2D eigenvalue weighted by Crippen LogP contribution is 2.65. The van der Waals surface area contributed by atoms with Crippen LogP contribution in [0.2, 0.25) is 0 Å². The van der Waals surface area contributed by atoms with Crippen LogP contribution in [0.3, 0.4) is 0 Å². The van der Waals surface area contributed by atoms with Gasteiger partial charge in [0.15, 0.2) is 0 Å². The van der Waals surface area contributed by atoms with Crippen molar-refractivity contribution in [3.8, 4) is 0 Å². The summed E-state index contributed by atoms with van der Waals surface area (Å²) in [5, 5.41) is 11.2. The van der Waals surface area contributed by atoms with E-state index in [0.29, 0.717) is 11.8 Å². The lowest BCUT2D eigenvalue weighted by Crippen LogP contribution is -2.40. The highest BCUT2D eigenvalue weighted by Gasteiger charge is 2.67. The Kier molecular flexibility index (Phi) is 2.47. The Balaban J connectivity index is 1.61. The average Bonchev–Trinajstić information content (AvgIpc) is 3.33. The summed E-state index contributed by atoms with van der Waals surface area (Å²) in [5.74, 6) is -1.39. The van der Waals surface area contributed by atoms with Crippen LogP contribution in [0.4, 0.5) is 15.8 Å². The maximum Gasteiger partial charge on any atom is 0.296 e. The second-order valence-electron chi connectivity index (χ2n) is 7.06. The summed E-state index contributed by atoms with van der Waals surface area (Å²) in [7, 11) is 0. The first-order chi connectivity index (χ1) is 11.5. The molecule has 1 saturated heterocycles. The predicted octanol–water partition coefficient (Wildman–Crippen LogP) is 2.29. The highest BCUT2D eigenvalue weighted by atomic mass is 19.1. The molecule has 1 aliphatic heterocycles. The van der Waals surface area contributed by atoms with Crippen LogP contribution in [-0.2, 0) is 9.59 Å². The van der Waals surface area contributed by atoms with E-state index in [0.717, 1.165) is 29.5 Å². The second kappa shape index (κ2) is 4.28. The maximum absolute atomic E-state index is 13.4. The summed E-state index contributed by atoms with van der Waals surface area (Å²) in [4.78, 5) is 37.2. The summed E-state index contributed by atoms with van der Waals surface area (Å²) in [6.07, 6.45) is 5.12. The van der Waals surface area contributed by atoms with Crippen LogP contribution in [0.15, 0.2) is 30.4 Å². The monoisotopic (exact) mass is 328 g/mol. The molecule has 0 aromatic heterocycles. The summed E-state index contributed by atoms with van der Waals surface area (Å²) in [6.45, 7) is 0. The van der Waals surface area contributed by atoms with Gasteiger partial charge in [-0.2, -0.15) is 0 Å². The van der Waals surface area contributed by atoms with Crippen LogP contribution >= 0.6 is 0 Å². The average molecular weight is 328 g/mol. The van der Waals surface area contributed by atoms with Crippen molar-refractivity contribution < 1.29 is 18.9 Å². The fourth-order valence-corrected chi connectivity index (χ4v) is 5.03. The molecule has 2 saturated carbocycles. The molecule has 1 aromatic rings. The third kappa shape index (κ3) is 1.54. The number of rotatable bonds is 2. The summed E-state index contributed by atoms with van der Waals surface area (Å²) >= 11 is 0. The molecule has 6 atom stereocenters. The molecule has 3 fully saturated rings. The number of hydrogen-bond donors (Lipinski definition) is 0. The Morgan fingerprint density at radius 1 is 1.08 bits per heavy atom. The Bertz CT molecular complexity index is 815. The van der Waals surface area contributed by atoms with Crippen molar-refractivity contribution in [2.75, 3.05) is 4.90 Å². The third-order valence-corrected chi connectivity index (χ3v) is 6.04. The van der Waals surface area contributed by atoms with E-state index in [9.17, 15) is 24.1 Å². The molecular formula is C17H13FN2O4. The van der Waals surface area contributed by atoms with E-state index in [2.05, 4.69) is 0 Å². The fraction of sp³-hybridized carbons (Fsp3) is 0.412. The Morgan fingerprint density at radius 3 is 2.21 bits per heavy atom. The van der Waals surface area contributed by atoms with Gasteiger partial charge in [-0.05, 0) is 42.2 Å². The van der Waals surface area contributed by atoms with E-state index in [1.54, 1.807) is 0 Å². The lowest BCUT2D eigenvalue weighted by Gasteiger charge is -2.37. The van der Waals surface area contributed by atoms with E-state index in [1.165, 1.54) is 0 Å². The smallest absolute Gasteiger partial charge is 0.274 e. The number of amides is 2. The molecule has 6 rings (SSSR count). The Hall–Kier alpha value is -2.57. The number of allylic oxidation sites excluding steroid dienone is 2. The molecule has 2 amide bonds. The van der Waals surface area contributed by atoms with Crippen molar-refractivity contribution in [2.24, 2.45) is 35.5 Å². The molecule has 0 spiro atoms. The molecule has 0 unspecified atom stereocenters. The van der Waals surface area contributed by atoms with E-state index >= 15 is 0 Å². The molecule has 1 heterocycles. The van der Waals surface area contributed by atoms with Gasteiger partial charge < -0.3 is 0 Å². The number of benzene rings is 1. The van der Waals surface area contributed by atoms with Gasteiger partial charge in [0.2, 0.25) is 11.8 Å². The van der Waals surface area contributed by atoms with E-state index in [1.807, 2.05) is 12.2 Å². The largest absolute Gasteiger partial charge is 0.296 e. The van der Waals surface area contributed by atoms with Crippen LogP contribution in [0.1, 0.15) is 6.42 Å². The molecule has 0 radical (unpaired) electrons. The minimum absolute atomic E-state index is 0.0472. The van der Waals surface area contributed by atoms with Gasteiger partial charge in [-0.1, -0.05) is 12.2 Å². The SMILES string of the molecule is O=C1[C@@H]2[C@H]3C=C[C@@H]([C@@H]4C[C@@H]34)[C@H]2C(=O)N1c1ccc(F)cc1[N+](=O)[O-]. The number of halogens is 1. The van der Waals surface area contributed by atoms with Crippen molar-refractivity contribution >= 4 is 23.2 Å². The van der Waals surface area contributed by atoms with Gasteiger partial charge in [0, 0.05) is 0 Å². The molecule has 7 heteroatoms. The van der Waals surface area contributed by atoms with E-state index < -0.39 is 28.3 Å². The number of nitro groups is 1. The van der Waals surface area contributed by atoms with Crippen molar-refractivity contribution in [1.82, 2.24) is 0 Å². The number of anilines is 1. The van der Waals surface area contributed by atoms with Crippen molar-refractivity contribution in [2.45, 2.75) is 6.42 Å². The van der Waals surface area contributed by atoms with Gasteiger partial charge in [0.05, 0.1) is 22.8 Å². The van der Waals surface area contributed by atoms with Crippen LogP contribution in [0, 0.1) is 51.4 Å². The molecule has 0 N–H and O–H groups in total. The number of nitro benzene ring substituents is 1. The first-order valence-corrected chi connectivity index (χ1v) is 7.99. The Labute approximate surface area is 136 Å². The molecule has 122 valence electrons. The van der Waals surface area contributed by atoms with Crippen molar-refractivity contribution in [3.63, 3.8) is 0 Å². The van der Waals surface area contributed by atoms with Gasteiger partial charge in [0.1, 0.15) is 11.5 Å². The highest BCUT2D eigenvalue weighted by molar-refractivity contribution is 6.23. The molecule has 24 heavy (non-hydrogen) atoms. The number of nitrogens with zero attached hydrogens (tertiary/aromatic N) is 2. The maximum atomic E-state index is 13.4. The predicted molar refractivity (Wildman–Crippen MR) is 80.2 cm³/mol. The number of hydrogen-bond acceptors (Lipinski definition) is 4. The number of carbonyl (C=O) groups is 2. The van der Waals surface area contributed by atoms with Crippen molar-refractivity contribution in [1.29, 1.82) is 0 Å². The molecule has 2 bridgehead atoms. The normalized spacial score (nSPS) is 38.3. The molecular weight excluding hydrogens is 315 g/mol. The summed E-state index contributed by atoms with van der Waals surface area (Å²) in [6, 6.07) is 2.94. The minimum atomic E-state index is -0.773. The lowest BCUT2D eigenvalue weighted by molar-refractivity contribution is -0.384. The van der Waals surface area contributed by atoms with Crippen molar-refractivity contribution in [3.05, 3.63) is 46.3 Å². The zero-order chi connectivity index (χ0) is 16.7. The second-order valence-corrected chi connectivity index (χ2v) is 7.06. The van der Waals surface area contributed by atoms with Gasteiger partial charge in [-0.15, -0.1) is 0 Å². The van der Waals surface area contributed by atoms with E-state index in [-0.39, 0.29) is 29.3 Å². The first kappa shape index (κ1) is 13.8. The quantitative estimate of drug-likeness (QED) is 0.361. The molecule has 5 aliphatic rings. The Morgan fingerprint density at radius 2 is 1.67 bits per heavy atom. The molecule has 6 nitrogen and oxygen atoms in total. The molecule has 4 aliphatic carbocycles. The first-order valence-electron chi connectivity index (χ1n) is 7.99. The number of carbonyl (C=O) groups excluding carboxylic acids is 2. The zero-order valence-corrected chi connectivity index (χ0v) is 12.5. The number of imide groups is 1.